The monoisotopic (exact) mass is 233 g/mol. The average molecular weight is 233 g/mol. The van der Waals surface area contributed by atoms with Crippen molar-refractivity contribution in [3.8, 4) is 0 Å². The highest BCUT2D eigenvalue weighted by Crippen LogP contribution is 2.24. The summed E-state index contributed by atoms with van der Waals surface area (Å²) in [7, 11) is 0. The van der Waals surface area contributed by atoms with Gasteiger partial charge in [-0.2, -0.15) is 11.3 Å². The number of pyridine rings is 1. The van der Waals surface area contributed by atoms with Gasteiger partial charge in [0.25, 0.3) is 0 Å². The summed E-state index contributed by atoms with van der Waals surface area (Å²) in [4.78, 5) is 4.30. The van der Waals surface area contributed by atoms with E-state index in [-0.39, 0.29) is 0 Å². The summed E-state index contributed by atoms with van der Waals surface area (Å²) in [5, 5.41) is 14.1. The number of hydrogen-bond acceptors (Lipinski definition) is 3. The van der Waals surface area contributed by atoms with Gasteiger partial charge in [-0.15, -0.1) is 0 Å². The summed E-state index contributed by atoms with van der Waals surface area (Å²) in [5.74, 6) is 0. The fraction of sp³-hybridized carbons (Fsp3) is 0.308. The van der Waals surface area contributed by atoms with Crippen molar-refractivity contribution in [2.45, 2.75) is 26.4 Å². The number of rotatable bonds is 3. The van der Waals surface area contributed by atoms with Crippen LogP contribution in [0.15, 0.2) is 29.1 Å². The van der Waals surface area contributed by atoms with Gasteiger partial charge in [-0.05, 0) is 47.4 Å². The fourth-order valence-corrected chi connectivity index (χ4v) is 2.54. The molecule has 2 nitrogen and oxygen atoms in total. The van der Waals surface area contributed by atoms with Crippen molar-refractivity contribution in [3.63, 3.8) is 0 Å². The van der Waals surface area contributed by atoms with Crippen LogP contribution in [-0.2, 0) is 6.42 Å². The highest BCUT2D eigenvalue weighted by Gasteiger charge is 2.12. The number of nitrogens with zero attached hydrogens (tertiary/aromatic N) is 1. The van der Waals surface area contributed by atoms with Crippen molar-refractivity contribution in [1.82, 2.24) is 4.98 Å². The third-order valence-corrected chi connectivity index (χ3v) is 3.51. The third kappa shape index (κ3) is 2.49. The molecule has 2 rings (SSSR count). The van der Waals surface area contributed by atoms with E-state index >= 15 is 0 Å². The van der Waals surface area contributed by atoms with Crippen LogP contribution in [-0.4, -0.2) is 10.1 Å². The van der Waals surface area contributed by atoms with Gasteiger partial charge in [-0.3, -0.25) is 4.98 Å². The van der Waals surface area contributed by atoms with Crippen molar-refractivity contribution in [2.24, 2.45) is 0 Å². The molecule has 0 aromatic carbocycles. The van der Waals surface area contributed by atoms with Crippen LogP contribution >= 0.6 is 11.3 Å². The van der Waals surface area contributed by atoms with Crippen LogP contribution in [0.1, 0.15) is 28.5 Å². The number of aryl methyl sites for hydroxylation is 2. The lowest BCUT2D eigenvalue weighted by atomic mass is 10.0. The number of aliphatic hydroxyl groups excluding tert-OH is 1. The zero-order valence-electron chi connectivity index (χ0n) is 9.47. The Bertz CT molecular complexity index is 461. The second kappa shape index (κ2) is 4.76. The normalized spacial score (nSPS) is 12.7. The minimum absolute atomic E-state index is 0.443. The standard InChI is InChI=1S/C13H15NOS/c1-9-3-4-11(14-6-9)5-13(15)12-8-16-7-10(12)2/h3-4,6-8,13,15H,5H2,1-2H3. The molecule has 0 spiro atoms. The lowest BCUT2D eigenvalue weighted by Crippen LogP contribution is -2.03. The molecule has 2 aromatic rings. The first kappa shape index (κ1) is 11.3. The number of aromatic nitrogens is 1. The molecule has 0 saturated carbocycles. The minimum atomic E-state index is -0.443. The molecule has 0 amide bonds. The van der Waals surface area contributed by atoms with Crippen LogP contribution in [0.3, 0.4) is 0 Å². The molecule has 84 valence electrons. The zero-order chi connectivity index (χ0) is 11.5. The SMILES string of the molecule is Cc1ccc(CC(O)c2cscc2C)nc1. The summed E-state index contributed by atoms with van der Waals surface area (Å²) in [5.41, 5.74) is 4.26. The Hall–Kier alpha value is -1.19. The van der Waals surface area contributed by atoms with Gasteiger partial charge in [-0.25, -0.2) is 0 Å². The fourth-order valence-electron chi connectivity index (χ4n) is 1.64. The zero-order valence-corrected chi connectivity index (χ0v) is 10.3. The first-order valence-electron chi connectivity index (χ1n) is 5.29. The molecule has 3 heteroatoms. The number of aliphatic hydroxyl groups is 1. The van der Waals surface area contributed by atoms with Gasteiger partial charge in [0.15, 0.2) is 0 Å². The summed E-state index contributed by atoms with van der Waals surface area (Å²) < 4.78 is 0. The summed E-state index contributed by atoms with van der Waals surface area (Å²) in [6.45, 7) is 4.04. The molecule has 0 saturated heterocycles. The molecular weight excluding hydrogens is 218 g/mol. The molecule has 1 unspecified atom stereocenters. The summed E-state index contributed by atoms with van der Waals surface area (Å²) in [6.07, 6.45) is 1.97. The predicted molar refractivity (Wildman–Crippen MR) is 66.7 cm³/mol. The van der Waals surface area contributed by atoms with Crippen molar-refractivity contribution in [1.29, 1.82) is 0 Å². The Balaban J connectivity index is 2.10. The molecular formula is C13H15NOS. The van der Waals surface area contributed by atoms with Gasteiger partial charge in [0, 0.05) is 18.3 Å². The molecule has 2 aromatic heterocycles. The smallest absolute Gasteiger partial charge is 0.0856 e. The van der Waals surface area contributed by atoms with E-state index in [1.807, 2.05) is 37.6 Å². The van der Waals surface area contributed by atoms with Crippen molar-refractivity contribution >= 4 is 11.3 Å². The summed E-state index contributed by atoms with van der Waals surface area (Å²) >= 11 is 1.63. The molecule has 1 atom stereocenters. The van der Waals surface area contributed by atoms with Crippen LogP contribution in [0.25, 0.3) is 0 Å². The Kier molecular flexibility index (Phi) is 3.36. The molecule has 0 fully saturated rings. The highest BCUT2D eigenvalue weighted by atomic mass is 32.1. The molecule has 0 aliphatic heterocycles. The summed E-state index contributed by atoms with van der Waals surface area (Å²) in [6, 6.07) is 4.00. The Labute approximate surface area is 99.6 Å². The molecule has 0 aliphatic carbocycles. The van der Waals surface area contributed by atoms with Gasteiger partial charge in [0.05, 0.1) is 6.10 Å². The molecule has 1 N–H and O–H groups in total. The first-order valence-corrected chi connectivity index (χ1v) is 6.23. The predicted octanol–water partition coefficient (Wildman–Crippen LogP) is 3.04. The first-order chi connectivity index (χ1) is 7.66. The second-order valence-corrected chi connectivity index (χ2v) is 4.80. The van der Waals surface area contributed by atoms with Crippen molar-refractivity contribution in [2.75, 3.05) is 0 Å². The van der Waals surface area contributed by atoms with Crippen LogP contribution in [0.5, 0.6) is 0 Å². The molecule has 16 heavy (non-hydrogen) atoms. The number of hydrogen-bond donors (Lipinski definition) is 1. The Morgan fingerprint density at radius 2 is 2.12 bits per heavy atom. The van der Waals surface area contributed by atoms with Gasteiger partial charge >= 0.3 is 0 Å². The third-order valence-electron chi connectivity index (χ3n) is 2.63. The van der Waals surface area contributed by atoms with Gasteiger partial charge in [0.1, 0.15) is 0 Å². The maximum absolute atomic E-state index is 10.1. The lowest BCUT2D eigenvalue weighted by Gasteiger charge is -2.10. The van der Waals surface area contributed by atoms with E-state index in [0.717, 1.165) is 22.4 Å². The van der Waals surface area contributed by atoms with Crippen LogP contribution in [0.4, 0.5) is 0 Å². The van der Waals surface area contributed by atoms with E-state index in [0.29, 0.717) is 6.42 Å². The Morgan fingerprint density at radius 1 is 1.31 bits per heavy atom. The van der Waals surface area contributed by atoms with Crippen LogP contribution < -0.4 is 0 Å². The van der Waals surface area contributed by atoms with E-state index in [9.17, 15) is 5.11 Å². The quantitative estimate of drug-likeness (QED) is 0.884. The van der Waals surface area contributed by atoms with E-state index in [1.165, 1.54) is 0 Å². The maximum Gasteiger partial charge on any atom is 0.0856 e. The average Bonchev–Trinajstić information content (AvgIpc) is 2.68. The number of thiophene rings is 1. The maximum atomic E-state index is 10.1. The minimum Gasteiger partial charge on any atom is -0.388 e. The second-order valence-electron chi connectivity index (χ2n) is 4.06. The van der Waals surface area contributed by atoms with E-state index < -0.39 is 6.10 Å². The molecule has 0 aliphatic rings. The van der Waals surface area contributed by atoms with Gasteiger partial charge < -0.3 is 5.11 Å². The van der Waals surface area contributed by atoms with Crippen LogP contribution in [0.2, 0.25) is 0 Å². The highest BCUT2D eigenvalue weighted by molar-refractivity contribution is 7.08. The molecule has 0 bridgehead atoms. The molecule has 0 radical (unpaired) electrons. The van der Waals surface area contributed by atoms with Gasteiger partial charge in [0.2, 0.25) is 0 Å². The van der Waals surface area contributed by atoms with Crippen molar-refractivity contribution < 1.29 is 5.11 Å². The largest absolute Gasteiger partial charge is 0.388 e. The van der Waals surface area contributed by atoms with Crippen molar-refractivity contribution in [3.05, 3.63) is 51.5 Å². The van der Waals surface area contributed by atoms with E-state index in [2.05, 4.69) is 10.4 Å². The van der Waals surface area contributed by atoms with E-state index in [4.69, 9.17) is 0 Å². The topological polar surface area (TPSA) is 33.1 Å². The molecule has 2 heterocycles. The Morgan fingerprint density at radius 3 is 2.69 bits per heavy atom. The van der Waals surface area contributed by atoms with Gasteiger partial charge in [-0.1, -0.05) is 6.07 Å². The van der Waals surface area contributed by atoms with Crippen LogP contribution in [0, 0.1) is 13.8 Å². The lowest BCUT2D eigenvalue weighted by molar-refractivity contribution is 0.177. The van der Waals surface area contributed by atoms with E-state index in [1.54, 1.807) is 11.3 Å².